The lowest BCUT2D eigenvalue weighted by Gasteiger charge is -2.30. The summed E-state index contributed by atoms with van der Waals surface area (Å²) in [5, 5.41) is 4.00. The number of rotatable bonds is 8. The van der Waals surface area contributed by atoms with Crippen LogP contribution in [0.15, 0.2) is 53.1 Å². The highest BCUT2D eigenvalue weighted by atomic mass is 19.1. The molecule has 1 fully saturated rings. The molecule has 4 rings (SSSR count). The molecule has 7 nitrogen and oxygen atoms in total. The number of nitrogens with zero attached hydrogens (tertiary/aromatic N) is 3. The molecule has 33 heavy (non-hydrogen) atoms. The van der Waals surface area contributed by atoms with E-state index in [0.717, 1.165) is 0 Å². The van der Waals surface area contributed by atoms with Crippen LogP contribution in [0.2, 0.25) is 0 Å². The molecule has 0 bridgehead atoms. The Morgan fingerprint density at radius 3 is 2.58 bits per heavy atom. The number of piperidine rings is 1. The zero-order valence-corrected chi connectivity index (χ0v) is 18.5. The Bertz CT molecular complexity index is 1110. The predicted molar refractivity (Wildman–Crippen MR) is 119 cm³/mol. The molecule has 1 amide bonds. The third kappa shape index (κ3) is 5.45. The maximum absolute atomic E-state index is 14.1. The molecule has 0 spiro atoms. The van der Waals surface area contributed by atoms with Crippen molar-refractivity contribution in [1.29, 1.82) is 0 Å². The van der Waals surface area contributed by atoms with E-state index in [1.165, 1.54) is 6.07 Å². The zero-order chi connectivity index (χ0) is 23.2. The summed E-state index contributed by atoms with van der Waals surface area (Å²) in [5.41, 5.74) is 1.14. The number of ether oxygens (including phenoxy) is 1. The minimum Gasteiger partial charge on any atom is -0.491 e. The molecule has 1 aliphatic heterocycles. The molecule has 1 aliphatic rings. The molecule has 8 heteroatoms. The first kappa shape index (κ1) is 22.6. The highest BCUT2D eigenvalue weighted by molar-refractivity contribution is 5.97. The van der Waals surface area contributed by atoms with Crippen molar-refractivity contribution in [3.8, 4) is 17.1 Å². The van der Waals surface area contributed by atoms with E-state index < -0.39 is 5.82 Å². The minimum absolute atomic E-state index is 0.0196. The number of aromatic nitrogens is 2. The van der Waals surface area contributed by atoms with Crippen LogP contribution in [0.25, 0.3) is 11.4 Å². The first-order valence-electron chi connectivity index (χ1n) is 11.2. The first-order chi connectivity index (χ1) is 16.0. The molecular formula is C25H26FN3O4. The van der Waals surface area contributed by atoms with E-state index in [2.05, 4.69) is 10.1 Å². The first-order valence-corrected chi connectivity index (χ1v) is 11.2. The third-order valence-corrected chi connectivity index (χ3v) is 5.79. The van der Waals surface area contributed by atoms with Gasteiger partial charge < -0.3 is 14.2 Å². The summed E-state index contributed by atoms with van der Waals surface area (Å²) in [6, 6.07) is 13.6. The number of carbonyl (C=O) groups excluding carboxylic acids is 2. The lowest BCUT2D eigenvalue weighted by molar-refractivity contribution is -0.132. The van der Waals surface area contributed by atoms with Gasteiger partial charge >= 0.3 is 0 Å². The Kier molecular flexibility index (Phi) is 7.12. The van der Waals surface area contributed by atoms with E-state index in [4.69, 9.17) is 9.26 Å². The number of hydrogen-bond acceptors (Lipinski definition) is 6. The molecule has 2 aromatic carbocycles. The van der Waals surface area contributed by atoms with E-state index in [9.17, 15) is 14.0 Å². The predicted octanol–water partition coefficient (Wildman–Crippen LogP) is 4.64. The van der Waals surface area contributed by atoms with Crippen LogP contribution in [0.1, 0.15) is 54.8 Å². The van der Waals surface area contributed by atoms with Crippen LogP contribution in [0, 0.1) is 5.82 Å². The van der Waals surface area contributed by atoms with Gasteiger partial charge in [-0.15, -0.1) is 0 Å². The van der Waals surface area contributed by atoms with Gasteiger partial charge in [0.25, 0.3) is 0 Å². The molecule has 3 aromatic rings. The molecule has 0 radical (unpaired) electrons. The van der Waals surface area contributed by atoms with E-state index in [1.807, 2.05) is 18.2 Å². The number of ketones is 1. The average molecular weight is 451 g/mol. The maximum Gasteiger partial charge on any atom is 0.230 e. The number of benzene rings is 2. The van der Waals surface area contributed by atoms with E-state index in [-0.39, 0.29) is 36.2 Å². The zero-order valence-electron chi connectivity index (χ0n) is 18.5. The number of hydrogen-bond donors (Lipinski definition) is 0. The van der Waals surface area contributed by atoms with Crippen molar-refractivity contribution >= 4 is 11.7 Å². The van der Waals surface area contributed by atoms with Gasteiger partial charge in [0.05, 0.1) is 6.61 Å². The molecule has 0 aliphatic carbocycles. The van der Waals surface area contributed by atoms with Gasteiger partial charge in [0.1, 0.15) is 0 Å². The Balaban J connectivity index is 1.29. The van der Waals surface area contributed by atoms with Crippen molar-refractivity contribution in [3.05, 3.63) is 65.8 Å². The van der Waals surface area contributed by atoms with Crippen molar-refractivity contribution in [1.82, 2.24) is 15.0 Å². The number of likely N-dealkylation sites (tertiary alicyclic amines) is 1. The summed E-state index contributed by atoms with van der Waals surface area (Å²) in [7, 11) is 0. The number of amides is 1. The monoisotopic (exact) mass is 451 g/mol. The topological polar surface area (TPSA) is 85.5 Å². The Morgan fingerprint density at radius 2 is 1.88 bits per heavy atom. The second-order valence-electron chi connectivity index (χ2n) is 7.98. The summed E-state index contributed by atoms with van der Waals surface area (Å²) in [6.07, 6.45) is 1.79. The maximum atomic E-state index is 14.1. The molecular weight excluding hydrogens is 425 g/mol. The highest BCUT2D eigenvalue weighted by Crippen LogP contribution is 2.30. The van der Waals surface area contributed by atoms with E-state index in [0.29, 0.717) is 55.4 Å². The van der Waals surface area contributed by atoms with Gasteiger partial charge in [-0.1, -0.05) is 35.5 Å². The SMILES string of the molecule is CCOc1ccc(-c2noc(C3CCN(C(=O)CCC(=O)c4ccccc4)CC3)n2)cc1F. The van der Waals surface area contributed by atoms with Crippen molar-refractivity contribution < 1.29 is 23.2 Å². The lowest BCUT2D eigenvalue weighted by atomic mass is 9.96. The Hall–Kier alpha value is -3.55. The van der Waals surface area contributed by atoms with Crippen molar-refractivity contribution in [2.45, 2.75) is 38.5 Å². The second-order valence-corrected chi connectivity index (χ2v) is 7.98. The smallest absolute Gasteiger partial charge is 0.230 e. The second kappa shape index (κ2) is 10.4. The van der Waals surface area contributed by atoms with Crippen molar-refractivity contribution in [3.63, 3.8) is 0 Å². The molecule has 0 atom stereocenters. The van der Waals surface area contributed by atoms with Gasteiger partial charge in [-0.05, 0) is 38.0 Å². The van der Waals surface area contributed by atoms with Crippen LogP contribution in [-0.4, -0.2) is 46.4 Å². The summed E-state index contributed by atoms with van der Waals surface area (Å²) < 4.78 is 24.8. The minimum atomic E-state index is -0.474. The average Bonchev–Trinajstić information content (AvgIpc) is 3.35. The molecule has 0 unspecified atom stereocenters. The van der Waals surface area contributed by atoms with Crippen LogP contribution in [0.3, 0.4) is 0 Å². The molecule has 2 heterocycles. The lowest BCUT2D eigenvalue weighted by Crippen LogP contribution is -2.38. The Labute approximate surface area is 191 Å². The molecule has 1 saturated heterocycles. The summed E-state index contributed by atoms with van der Waals surface area (Å²) in [4.78, 5) is 31.0. The van der Waals surface area contributed by atoms with Gasteiger partial charge in [-0.25, -0.2) is 4.39 Å². The molecule has 0 saturated carbocycles. The van der Waals surface area contributed by atoms with Crippen molar-refractivity contribution in [2.24, 2.45) is 0 Å². The number of Topliss-reactive ketones (excluding diaryl/α,β-unsaturated/α-hetero) is 1. The Morgan fingerprint density at radius 1 is 1.12 bits per heavy atom. The highest BCUT2D eigenvalue weighted by Gasteiger charge is 2.28. The number of carbonyl (C=O) groups is 2. The normalized spacial score (nSPS) is 14.3. The van der Waals surface area contributed by atoms with Gasteiger partial charge in [-0.2, -0.15) is 4.98 Å². The van der Waals surface area contributed by atoms with Crippen LogP contribution in [-0.2, 0) is 4.79 Å². The van der Waals surface area contributed by atoms with E-state index >= 15 is 0 Å². The molecule has 172 valence electrons. The van der Waals surface area contributed by atoms with Gasteiger partial charge in [0.15, 0.2) is 17.3 Å². The molecule has 0 N–H and O–H groups in total. The quantitative estimate of drug-likeness (QED) is 0.464. The van der Waals surface area contributed by atoms with Gasteiger partial charge in [0, 0.05) is 43.0 Å². The van der Waals surface area contributed by atoms with Crippen LogP contribution >= 0.6 is 0 Å². The van der Waals surface area contributed by atoms with Crippen LogP contribution in [0.5, 0.6) is 5.75 Å². The molecule has 1 aromatic heterocycles. The standard InChI is InChI=1S/C25H26FN3O4/c1-2-32-22-10-8-19(16-20(22)26)24-27-25(33-28-24)18-12-14-29(15-13-18)23(31)11-9-21(30)17-6-4-3-5-7-17/h3-8,10,16,18H,2,9,11-15H2,1H3. The summed E-state index contributed by atoms with van der Waals surface area (Å²) in [6.45, 7) is 3.31. The third-order valence-electron chi connectivity index (χ3n) is 5.79. The van der Waals surface area contributed by atoms with Crippen molar-refractivity contribution in [2.75, 3.05) is 19.7 Å². The fourth-order valence-electron chi connectivity index (χ4n) is 3.95. The van der Waals surface area contributed by atoms with Gasteiger partial charge in [-0.3, -0.25) is 9.59 Å². The summed E-state index contributed by atoms with van der Waals surface area (Å²) in [5.74, 6) is 0.520. The summed E-state index contributed by atoms with van der Waals surface area (Å²) >= 11 is 0. The fraction of sp³-hybridized carbons (Fsp3) is 0.360. The largest absolute Gasteiger partial charge is 0.491 e. The fourth-order valence-corrected chi connectivity index (χ4v) is 3.95. The van der Waals surface area contributed by atoms with E-state index in [1.54, 1.807) is 36.1 Å². The van der Waals surface area contributed by atoms with Crippen LogP contribution in [0.4, 0.5) is 4.39 Å². The van der Waals surface area contributed by atoms with Gasteiger partial charge in [0.2, 0.25) is 17.6 Å². The van der Waals surface area contributed by atoms with Crippen LogP contribution < -0.4 is 4.74 Å². The number of halogens is 1.